The van der Waals surface area contributed by atoms with E-state index < -0.39 is 0 Å². The minimum absolute atomic E-state index is 0.0233. The van der Waals surface area contributed by atoms with Crippen LogP contribution < -0.4 is 5.32 Å². The maximum absolute atomic E-state index is 5.58. The van der Waals surface area contributed by atoms with E-state index in [-0.39, 0.29) is 11.9 Å². The van der Waals surface area contributed by atoms with Gasteiger partial charge in [0.15, 0.2) is 0 Å². The zero-order valence-corrected chi connectivity index (χ0v) is 10.6. The van der Waals surface area contributed by atoms with Crippen LogP contribution in [0.2, 0.25) is 0 Å². The number of halogens is 1. The third-order valence-electron chi connectivity index (χ3n) is 2.44. The lowest BCUT2D eigenvalue weighted by atomic mass is 10.1. The van der Waals surface area contributed by atoms with Crippen LogP contribution in [0.4, 0.5) is 6.01 Å². The maximum atomic E-state index is 5.58. The molecule has 6 nitrogen and oxygen atoms in total. The summed E-state index contributed by atoms with van der Waals surface area (Å²) in [5.74, 6) is 1.37. The highest BCUT2D eigenvalue weighted by molar-refractivity contribution is 6.16. The Bertz CT molecular complexity index is 489. The summed E-state index contributed by atoms with van der Waals surface area (Å²) >= 11 is 5.58. The first-order valence-corrected chi connectivity index (χ1v) is 5.73. The Kier molecular flexibility index (Phi) is 3.33. The van der Waals surface area contributed by atoms with Crippen molar-refractivity contribution in [3.05, 3.63) is 22.9 Å². The Labute approximate surface area is 103 Å². The van der Waals surface area contributed by atoms with E-state index in [0.29, 0.717) is 11.9 Å². The minimum Gasteiger partial charge on any atom is -0.407 e. The van der Waals surface area contributed by atoms with Gasteiger partial charge in [0.05, 0.1) is 11.7 Å². The van der Waals surface area contributed by atoms with E-state index in [4.69, 9.17) is 20.5 Å². The monoisotopic (exact) mass is 256 g/mol. The summed E-state index contributed by atoms with van der Waals surface area (Å²) in [5, 5.41) is 14.6. The summed E-state index contributed by atoms with van der Waals surface area (Å²) in [4.78, 5) is 0. The zero-order valence-electron chi connectivity index (χ0n) is 9.82. The van der Waals surface area contributed by atoms with Crippen molar-refractivity contribution in [1.82, 2.24) is 15.4 Å². The Balaban J connectivity index is 2.14. The van der Waals surface area contributed by atoms with Gasteiger partial charge in [0.2, 0.25) is 5.89 Å². The van der Waals surface area contributed by atoms with Gasteiger partial charge in [-0.15, -0.1) is 16.7 Å². The van der Waals surface area contributed by atoms with E-state index in [1.807, 2.05) is 20.8 Å². The van der Waals surface area contributed by atoms with Gasteiger partial charge in [-0.2, -0.15) is 0 Å². The molecule has 2 heterocycles. The molecule has 2 aromatic rings. The normalized spacial score (nSPS) is 12.7. The topological polar surface area (TPSA) is 77.0 Å². The molecule has 0 amide bonds. The minimum atomic E-state index is -0.0233. The first-order valence-electron chi connectivity index (χ1n) is 5.19. The average Bonchev–Trinajstić information content (AvgIpc) is 2.86. The molecule has 0 bridgehead atoms. The largest absolute Gasteiger partial charge is 0.407 e. The molecular formula is C10H13ClN4O2. The second kappa shape index (κ2) is 4.75. The van der Waals surface area contributed by atoms with Crippen molar-refractivity contribution >= 4 is 17.6 Å². The number of aromatic nitrogens is 3. The molecule has 92 valence electrons. The van der Waals surface area contributed by atoms with Gasteiger partial charge < -0.3 is 14.3 Å². The van der Waals surface area contributed by atoms with Gasteiger partial charge in [-0.25, -0.2) is 0 Å². The highest BCUT2D eigenvalue weighted by Gasteiger charge is 2.18. The van der Waals surface area contributed by atoms with Crippen molar-refractivity contribution in [1.29, 1.82) is 0 Å². The lowest BCUT2D eigenvalue weighted by Gasteiger charge is -2.10. The lowest BCUT2D eigenvalue weighted by Crippen LogP contribution is -2.08. The molecular weight excluding hydrogens is 244 g/mol. The van der Waals surface area contributed by atoms with Crippen LogP contribution in [-0.4, -0.2) is 15.4 Å². The number of aryl methyl sites for hydroxylation is 2. The SMILES string of the molecule is Cc1noc(C)c1C(C)Nc1nnc(CCl)o1. The number of anilines is 1. The standard InChI is InChI=1S/C10H13ClN4O2/c1-5(9-6(2)15-17-7(9)3)12-10-14-13-8(4-11)16-10/h5H,4H2,1-3H3,(H,12,14). The first kappa shape index (κ1) is 11.9. The Morgan fingerprint density at radius 1 is 1.35 bits per heavy atom. The Morgan fingerprint density at radius 2 is 2.12 bits per heavy atom. The van der Waals surface area contributed by atoms with Crippen LogP contribution in [0.5, 0.6) is 0 Å². The molecule has 1 atom stereocenters. The number of nitrogens with one attached hydrogen (secondary N) is 1. The lowest BCUT2D eigenvalue weighted by molar-refractivity contribution is 0.391. The molecule has 7 heteroatoms. The molecule has 1 N–H and O–H groups in total. The van der Waals surface area contributed by atoms with Crippen molar-refractivity contribution in [3.63, 3.8) is 0 Å². The third-order valence-corrected chi connectivity index (χ3v) is 2.67. The predicted octanol–water partition coefficient (Wildman–Crippen LogP) is 2.59. The van der Waals surface area contributed by atoms with Crippen LogP contribution in [0, 0.1) is 13.8 Å². The quantitative estimate of drug-likeness (QED) is 0.848. The van der Waals surface area contributed by atoms with Crippen molar-refractivity contribution in [2.75, 3.05) is 5.32 Å². The Morgan fingerprint density at radius 3 is 2.65 bits per heavy atom. The van der Waals surface area contributed by atoms with Crippen LogP contribution >= 0.6 is 11.6 Å². The predicted molar refractivity (Wildman–Crippen MR) is 61.9 cm³/mol. The van der Waals surface area contributed by atoms with Crippen LogP contribution in [0.15, 0.2) is 8.94 Å². The highest BCUT2D eigenvalue weighted by Crippen LogP contribution is 2.24. The molecule has 1 unspecified atom stereocenters. The number of alkyl halides is 1. The zero-order chi connectivity index (χ0) is 12.4. The number of nitrogens with zero attached hydrogens (tertiary/aromatic N) is 3. The highest BCUT2D eigenvalue weighted by atomic mass is 35.5. The molecule has 0 aliphatic heterocycles. The van der Waals surface area contributed by atoms with Crippen LogP contribution in [0.25, 0.3) is 0 Å². The fourth-order valence-electron chi connectivity index (χ4n) is 1.73. The molecule has 2 rings (SSSR count). The van der Waals surface area contributed by atoms with Crippen molar-refractivity contribution in [2.24, 2.45) is 0 Å². The molecule has 0 radical (unpaired) electrons. The van der Waals surface area contributed by atoms with Crippen molar-refractivity contribution in [2.45, 2.75) is 32.7 Å². The second-order valence-electron chi connectivity index (χ2n) is 3.74. The number of hydrogen-bond acceptors (Lipinski definition) is 6. The molecule has 2 aromatic heterocycles. The molecule has 0 saturated heterocycles. The van der Waals surface area contributed by atoms with E-state index >= 15 is 0 Å². The Hall–Kier alpha value is -1.56. The molecule has 0 aromatic carbocycles. The molecule has 0 spiro atoms. The summed E-state index contributed by atoms with van der Waals surface area (Å²) in [6.45, 7) is 5.73. The fraction of sp³-hybridized carbons (Fsp3) is 0.500. The number of rotatable bonds is 4. The third kappa shape index (κ3) is 2.41. The van der Waals surface area contributed by atoms with Crippen molar-refractivity contribution in [3.8, 4) is 0 Å². The molecule has 0 fully saturated rings. The van der Waals surface area contributed by atoms with Crippen molar-refractivity contribution < 1.29 is 8.94 Å². The fourth-order valence-corrected chi connectivity index (χ4v) is 1.84. The van der Waals surface area contributed by atoms with E-state index in [2.05, 4.69) is 20.7 Å². The van der Waals surface area contributed by atoms with E-state index in [0.717, 1.165) is 17.0 Å². The smallest absolute Gasteiger partial charge is 0.315 e. The summed E-state index contributed by atoms with van der Waals surface area (Å²) in [5.41, 5.74) is 1.84. The van der Waals surface area contributed by atoms with Crippen LogP contribution in [-0.2, 0) is 5.88 Å². The van der Waals surface area contributed by atoms with Gasteiger partial charge in [-0.1, -0.05) is 10.3 Å². The first-order chi connectivity index (χ1) is 8.11. The van der Waals surface area contributed by atoms with Gasteiger partial charge in [0, 0.05) is 5.56 Å². The molecule has 0 aliphatic rings. The van der Waals surface area contributed by atoms with Gasteiger partial charge in [0.25, 0.3) is 0 Å². The van der Waals surface area contributed by atoms with Gasteiger partial charge >= 0.3 is 6.01 Å². The molecule has 0 aliphatic carbocycles. The summed E-state index contributed by atoms with van der Waals surface area (Å²) in [7, 11) is 0. The van der Waals surface area contributed by atoms with E-state index in [1.165, 1.54) is 0 Å². The average molecular weight is 257 g/mol. The van der Waals surface area contributed by atoms with E-state index in [1.54, 1.807) is 0 Å². The van der Waals surface area contributed by atoms with Gasteiger partial charge in [-0.3, -0.25) is 0 Å². The van der Waals surface area contributed by atoms with Gasteiger partial charge in [-0.05, 0) is 20.8 Å². The second-order valence-corrected chi connectivity index (χ2v) is 4.01. The summed E-state index contributed by atoms with van der Waals surface area (Å²) in [6.07, 6.45) is 0. The summed E-state index contributed by atoms with van der Waals surface area (Å²) < 4.78 is 10.4. The molecule has 0 saturated carbocycles. The van der Waals surface area contributed by atoms with Crippen LogP contribution in [0.3, 0.4) is 0 Å². The van der Waals surface area contributed by atoms with E-state index in [9.17, 15) is 0 Å². The maximum Gasteiger partial charge on any atom is 0.315 e. The van der Waals surface area contributed by atoms with Crippen LogP contribution in [0.1, 0.15) is 35.9 Å². The van der Waals surface area contributed by atoms with Gasteiger partial charge in [0.1, 0.15) is 11.6 Å². The molecule has 17 heavy (non-hydrogen) atoms. The summed E-state index contributed by atoms with van der Waals surface area (Å²) in [6, 6.07) is 0.318. The number of hydrogen-bond donors (Lipinski definition) is 1.